The highest BCUT2D eigenvalue weighted by molar-refractivity contribution is 7.80. The van der Waals surface area contributed by atoms with Gasteiger partial charge in [-0.25, -0.2) is 4.21 Å². The van der Waals surface area contributed by atoms with Gasteiger partial charge in [0.2, 0.25) is 0 Å². The van der Waals surface area contributed by atoms with E-state index in [9.17, 15) is 4.21 Å². The third-order valence-corrected chi connectivity index (χ3v) is 1.80. The van der Waals surface area contributed by atoms with Crippen molar-refractivity contribution in [3.05, 3.63) is 24.3 Å². The van der Waals surface area contributed by atoms with E-state index in [2.05, 4.69) is 4.72 Å². The predicted octanol–water partition coefficient (Wildman–Crippen LogP) is -1.09. The summed E-state index contributed by atoms with van der Waals surface area (Å²) in [5, 5.41) is 17.5. The topological polar surface area (TPSA) is 89.8 Å². The van der Waals surface area contributed by atoms with Gasteiger partial charge < -0.3 is 10.0 Å². The molecule has 1 aromatic carbocycles. The molecular formula is C6H8BNO4S. The fourth-order valence-corrected chi connectivity index (χ4v) is 1.19. The van der Waals surface area contributed by atoms with Gasteiger partial charge in [0.1, 0.15) is 0 Å². The van der Waals surface area contributed by atoms with E-state index in [1.54, 1.807) is 12.1 Å². The maximum Gasteiger partial charge on any atom is 0.488 e. The Hall–Kier alpha value is -0.885. The van der Waals surface area contributed by atoms with E-state index >= 15 is 0 Å². The smallest absolute Gasteiger partial charge is 0.423 e. The quantitative estimate of drug-likeness (QED) is 0.369. The van der Waals surface area contributed by atoms with Crippen molar-refractivity contribution in [3.8, 4) is 0 Å². The van der Waals surface area contributed by atoms with Crippen molar-refractivity contribution in [1.82, 2.24) is 0 Å². The summed E-state index contributed by atoms with van der Waals surface area (Å²) < 4.78 is 21.0. The van der Waals surface area contributed by atoms with Gasteiger partial charge in [0.15, 0.2) is 0 Å². The molecule has 0 fully saturated rings. The summed E-state index contributed by atoms with van der Waals surface area (Å²) in [6, 6.07) is 5.96. The van der Waals surface area contributed by atoms with Crippen LogP contribution in [0, 0.1) is 0 Å². The third-order valence-electron chi connectivity index (χ3n) is 1.39. The molecule has 4 N–H and O–H groups in total. The molecule has 0 saturated carbocycles. The van der Waals surface area contributed by atoms with Crippen LogP contribution in [0.25, 0.3) is 0 Å². The van der Waals surface area contributed by atoms with Crippen LogP contribution in [0.2, 0.25) is 0 Å². The van der Waals surface area contributed by atoms with E-state index in [0.717, 1.165) is 0 Å². The van der Waals surface area contributed by atoms with Crippen molar-refractivity contribution in [2.45, 2.75) is 0 Å². The van der Waals surface area contributed by atoms with E-state index in [1.807, 2.05) is 0 Å². The van der Waals surface area contributed by atoms with Crippen LogP contribution in [-0.2, 0) is 11.3 Å². The van der Waals surface area contributed by atoms with Crippen molar-refractivity contribution >= 4 is 29.5 Å². The van der Waals surface area contributed by atoms with Gasteiger partial charge in [0.25, 0.3) is 11.3 Å². The molecule has 0 radical (unpaired) electrons. The first-order valence-electron chi connectivity index (χ1n) is 3.43. The SMILES string of the molecule is O=S(O)Nc1cccc(B(O)O)c1. The van der Waals surface area contributed by atoms with Gasteiger partial charge in [-0.2, -0.15) is 0 Å². The first kappa shape index (κ1) is 10.2. The number of hydrogen-bond donors (Lipinski definition) is 4. The number of rotatable bonds is 3. The van der Waals surface area contributed by atoms with Crippen LogP contribution in [0.3, 0.4) is 0 Å². The summed E-state index contributed by atoms with van der Waals surface area (Å²) in [6.07, 6.45) is 0. The summed E-state index contributed by atoms with van der Waals surface area (Å²) in [5.74, 6) is 0. The van der Waals surface area contributed by atoms with Crippen molar-refractivity contribution in [2.24, 2.45) is 0 Å². The van der Waals surface area contributed by atoms with Crippen LogP contribution in [0.4, 0.5) is 5.69 Å². The van der Waals surface area contributed by atoms with Gasteiger partial charge in [-0.3, -0.25) is 9.27 Å². The summed E-state index contributed by atoms with van der Waals surface area (Å²) in [7, 11) is -1.58. The molecule has 13 heavy (non-hydrogen) atoms. The van der Waals surface area contributed by atoms with E-state index in [0.29, 0.717) is 5.69 Å². The zero-order chi connectivity index (χ0) is 9.84. The Bertz CT molecular complexity index is 319. The molecule has 1 unspecified atom stereocenters. The van der Waals surface area contributed by atoms with Crippen LogP contribution < -0.4 is 10.2 Å². The second kappa shape index (κ2) is 4.38. The van der Waals surface area contributed by atoms with Gasteiger partial charge in [0.05, 0.1) is 0 Å². The Morgan fingerprint density at radius 2 is 2.08 bits per heavy atom. The summed E-state index contributed by atoms with van der Waals surface area (Å²) in [4.78, 5) is 0. The van der Waals surface area contributed by atoms with Gasteiger partial charge in [0, 0.05) is 5.69 Å². The molecule has 0 spiro atoms. The van der Waals surface area contributed by atoms with Crippen LogP contribution in [0.5, 0.6) is 0 Å². The number of anilines is 1. The lowest BCUT2D eigenvalue weighted by Gasteiger charge is -2.03. The molecule has 0 heterocycles. The van der Waals surface area contributed by atoms with E-state index < -0.39 is 18.4 Å². The third kappa shape index (κ3) is 3.15. The Labute approximate surface area is 78.0 Å². The molecule has 5 nitrogen and oxygen atoms in total. The normalized spacial score (nSPS) is 12.2. The van der Waals surface area contributed by atoms with Crippen LogP contribution in [0.1, 0.15) is 0 Å². The highest BCUT2D eigenvalue weighted by atomic mass is 32.2. The maximum atomic E-state index is 10.3. The predicted molar refractivity (Wildman–Crippen MR) is 50.7 cm³/mol. The molecule has 1 aromatic rings. The average Bonchev–Trinajstić information content (AvgIpc) is 2.03. The highest BCUT2D eigenvalue weighted by Crippen LogP contribution is 2.03. The Balaban J connectivity index is 2.85. The van der Waals surface area contributed by atoms with Gasteiger partial charge in [-0.15, -0.1) is 0 Å². The Kier molecular flexibility index (Phi) is 3.43. The summed E-state index contributed by atoms with van der Waals surface area (Å²) in [5.41, 5.74) is 0.613. The lowest BCUT2D eigenvalue weighted by Crippen LogP contribution is -2.29. The minimum absolute atomic E-state index is 0.260. The van der Waals surface area contributed by atoms with Crippen LogP contribution in [0.15, 0.2) is 24.3 Å². The fraction of sp³-hybridized carbons (Fsp3) is 0. The molecule has 0 aromatic heterocycles. The molecule has 0 aliphatic heterocycles. The Morgan fingerprint density at radius 3 is 2.62 bits per heavy atom. The number of hydrogen-bond acceptors (Lipinski definition) is 3. The highest BCUT2D eigenvalue weighted by Gasteiger charge is 2.10. The number of nitrogens with one attached hydrogen (secondary N) is 1. The van der Waals surface area contributed by atoms with Crippen molar-refractivity contribution in [3.63, 3.8) is 0 Å². The average molecular weight is 201 g/mol. The molecule has 1 rings (SSSR count). The molecule has 0 bridgehead atoms. The molecule has 70 valence electrons. The minimum Gasteiger partial charge on any atom is -0.423 e. The summed E-state index contributed by atoms with van der Waals surface area (Å²) in [6.45, 7) is 0. The molecule has 0 amide bonds. The van der Waals surface area contributed by atoms with Crippen molar-refractivity contribution < 1.29 is 18.8 Å². The van der Waals surface area contributed by atoms with Gasteiger partial charge in [-0.05, 0) is 17.6 Å². The summed E-state index contributed by atoms with van der Waals surface area (Å²) >= 11 is -2.15. The van der Waals surface area contributed by atoms with Crippen LogP contribution >= 0.6 is 0 Å². The molecule has 0 saturated heterocycles. The lowest BCUT2D eigenvalue weighted by molar-refractivity contribution is 0.426. The second-order valence-electron chi connectivity index (χ2n) is 2.35. The first-order valence-corrected chi connectivity index (χ1v) is 4.54. The van der Waals surface area contributed by atoms with Crippen molar-refractivity contribution in [2.75, 3.05) is 4.72 Å². The van der Waals surface area contributed by atoms with E-state index in [-0.39, 0.29) is 5.46 Å². The van der Waals surface area contributed by atoms with E-state index in [1.165, 1.54) is 12.1 Å². The second-order valence-corrected chi connectivity index (χ2v) is 3.05. The van der Waals surface area contributed by atoms with Crippen LogP contribution in [-0.4, -0.2) is 25.9 Å². The maximum absolute atomic E-state index is 10.3. The zero-order valence-electron chi connectivity index (χ0n) is 6.54. The minimum atomic E-state index is -2.15. The molecular weight excluding hydrogens is 193 g/mol. The molecule has 0 aliphatic rings. The fourth-order valence-electron chi connectivity index (χ4n) is 0.864. The molecule has 7 heteroatoms. The van der Waals surface area contributed by atoms with Crippen molar-refractivity contribution in [1.29, 1.82) is 0 Å². The zero-order valence-corrected chi connectivity index (χ0v) is 7.36. The number of benzene rings is 1. The lowest BCUT2D eigenvalue weighted by atomic mass is 9.80. The van der Waals surface area contributed by atoms with E-state index in [4.69, 9.17) is 14.6 Å². The van der Waals surface area contributed by atoms with Gasteiger partial charge in [-0.1, -0.05) is 12.1 Å². The molecule has 1 atom stereocenters. The largest absolute Gasteiger partial charge is 0.488 e. The standard InChI is InChI=1S/C6H8BNO4S/c9-7(10)5-2-1-3-6(4-5)8-13(11)12/h1-4,8-10H,(H,11,12). The first-order chi connectivity index (χ1) is 6.09. The monoisotopic (exact) mass is 201 g/mol. The van der Waals surface area contributed by atoms with Gasteiger partial charge >= 0.3 is 7.12 Å². The Morgan fingerprint density at radius 1 is 1.38 bits per heavy atom. The molecule has 0 aliphatic carbocycles.